The molecule has 0 nitrogen and oxygen atoms in total. The van der Waals surface area contributed by atoms with E-state index >= 15 is 0 Å². The van der Waals surface area contributed by atoms with Crippen LogP contribution < -0.4 is 0 Å². The van der Waals surface area contributed by atoms with Gasteiger partial charge in [-0.05, 0) is 12.1 Å². The van der Waals surface area contributed by atoms with E-state index in [1.165, 1.54) is 23.7 Å². The molecular weight excluding hydrogens is 178 g/mol. The predicted octanol–water partition coefficient (Wildman–Crippen LogP) is 3.37. The Kier molecular flexibility index (Phi) is 2.72. The molecule has 0 amide bonds. The smallest absolute Gasteiger partial charge is 0.207 e. The van der Waals surface area contributed by atoms with Gasteiger partial charge in [-0.1, -0.05) is 40.6 Å². The molecule has 2 rings (SSSR count). The van der Waals surface area contributed by atoms with Crippen LogP contribution in [0.15, 0.2) is 24.3 Å². The summed E-state index contributed by atoms with van der Waals surface area (Å²) in [5, 5.41) is 1.46. The van der Waals surface area contributed by atoms with Gasteiger partial charge in [-0.2, -0.15) is 0 Å². The third kappa shape index (κ3) is 1.95. The molecule has 1 atom stereocenters. The lowest BCUT2D eigenvalue weighted by molar-refractivity contribution is 0.626. The summed E-state index contributed by atoms with van der Waals surface area (Å²) >= 11 is -0.529. The SMILES string of the molecule is [CH3][Al]1[CH2]CC[CH]1c1ccc(F)cc1. The van der Waals surface area contributed by atoms with Crippen molar-refractivity contribution in [2.24, 2.45) is 0 Å². The summed E-state index contributed by atoms with van der Waals surface area (Å²) in [5.74, 6) is 2.32. The van der Waals surface area contributed by atoms with Crippen molar-refractivity contribution in [3.63, 3.8) is 0 Å². The molecule has 0 aliphatic carbocycles. The number of halogens is 1. The highest BCUT2D eigenvalue weighted by Gasteiger charge is 2.29. The predicted molar refractivity (Wildman–Crippen MR) is 54.8 cm³/mol. The van der Waals surface area contributed by atoms with E-state index in [0.29, 0.717) is 0 Å². The van der Waals surface area contributed by atoms with Crippen LogP contribution in [0.25, 0.3) is 0 Å². The summed E-state index contributed by atoms with van der Waals surface area (Å²) in [7, 11) is 0. The van der Waals surface area contributed by atoms with Gasteiger partial charge in [-0.25, -0.2) is 4.39 Å². The summed E-state index contributed by atoms with van der Waals surface area (Å²) in [6.07, 6.45) is 2.72. The van der Waals surface area contributed by atoms with E-state index in [1.807, 2.05) is 12.1 Å². The molecule has 1 fully saturated rings. The molecule has 1 heterocycles. The van der Waals surface area contributed by atoms with Crippen molar-refractivity contribution in [3.8, 4) is 0 Å². The lowest BCUT2D eigenvalue weighted by Crippen LogP contribution is -2.12. The largest absolute Gasteiger partial charge is 0.268 e. The molecule has 68 valence electrons. The van der Waals surface area contributed by atoms with Crippen LogP contribution in [0.4, 0.5) is 4.39 Å². The van der Waals surface area contributed by atoms with Gasteiger partial charge in [-0.15, -0.1) is 5.79 Å². The van der Waals surface area contributed by atoms with Gasteiger partial charge in [0.2, 0.25) is 0 Å². The van der Waals surface area contributed by atoms with Crippen LogP contribution >= 0.6 is 0 Å². The Morgan fingerprint density at radius 2 is 2.00 bits per heavy atom. The summed E-state index contributed by atoms with van der Waals surface area (Å²) in [5.41, 5.74) is 1.37. The van der Waals surface area contributed by atoms with E-state index in [9.17, 15) is 4.39 Å². The second kappa shape index (κ2) is 3.82. The van der Waals surface area contributed by atoms with Crippen LogP contribution in [-0.4, -0.2) is 14.1 Å². The highest BCUT2D eigenvalue weighted by Crippen LogP contribution is 2.33. The van der Waals surface area contributed by atoms with E-state index in [1.54, 1.807) is 12.1 Å². The maximum atomic E-state index is 12.7. The topological polar surface area (TPSA) is 0 Å². The van der Waals surface area contributed by atoms with Crippen LogP contribution in [-0.2, 0) is 0 Å². The summed E-state index contributed by atoms with van der Waals surface area (Å²) < 4.78 is 13.5. The third-order valence-electron chi connectivity index (χ3n) is 3.16. The zero-order valence-corrected chi connectivity index (χ0v) is 9.12. The molecule has 1 saturated heterocycles. The number of hydrogen-bond donors (Lipinski definition) is 0. The van der Waals surface area contributed by atoms with Crippen molar-refractivity contribution < 1.29 is 4.39 Å². The molecule has 0 spiro atoms. The summed E-state index contributed by atoms with van der Waals surface area (Å²) in [6.45, 7) is 0. The Morgan fingerprint density at radius 1 is 1.31 bits per heavy atom. The normalized spacial score (nSPS) is 22.3. The van der Waals surface area contributed by atoms with Crippen LogP contribution in [0.3, 0.4) is 0 Å². The Balaban J connectivity index is 2.20. The number of hydrogen-bond acceptors (Lipinski definition) is 0. The van der Waals surface area contributed by atoms with E-state index < -0.39 is 14.1 Å². The zero-order valence-electron chi connectivity index (χ0n) is 7.96. The van der Waals surface area contributed by atoms with Crippen molar-refractivity contribution in [1.29, 1.82) is 0 Å². The Bertz CT molecular complexity index is 281. The molecule has 1 aliphatic heterocycles. The van der Waals surface area contributed by atoms with Crippen molar-refractivity contribution in [1.82, 2.24) is 0 Å². The minimum absolute atomic E-state index is 0.115. The fourth-order valence-electron chi connectivity index (χ4n) is 2.35. The van der Waals surface area contributed by atoms with Gasteiger partial charge in [0.1, 0.15) is 5.82 Å². The molecule has 0 saturated carbocycles. The maximum absolute atomic E-state index is 12.7. The van der Waals surface area contributed by atoms with Crippen LogP contribution in [0, 0.1) is 5.82 Å². The molecule has 1 aliphatic rings. The van der Waals surface area contributed by atoms with Gasteiger partial charge < -0.3 is 0 Å². The van der Waals surface area contributed by atoms with Crippen molar-refractivity contribution in [2.75, 3.05) is 0 Å². The number of rotatable bonds is 1. The minimum Gasteiger partial charge on any atom is -0.207 e. The summed E-state index contributed by atoms with van der Waals surface area (Å²) in [6, 6.07) is 7.12. The maximum Gasteiger partial charge on any atom is 0.268 e. The molecule has 2 heteroatoms. The molecular formula is C11H14AlF. The van der Waals surface area contributed by atoms with Crippen LogP contribution in [0.2, 0.25) is 11.1 Å². The minimum atomic E-state index is -0.529. The van der Waals surface area contributed by atoms with Gasteiger partial charge in [0.05, 0.1) is 0 Å². The summed E-state index contributed by atoms with van der Waals surface area (Å²) in [4.78, 5) is 0. The first-order chi connectivity index (χ1) is 6.27. The van der Waals surface area contributed by atoms with Crippen LogP contribution in [0.5, 0.6) is 0 Å². The monoisotopic (exact) mass is 192 g/mol. The van der Waals surface area contributed by atoms with Gasteiger partial charge in [0.25, 0.3) is 14.1 Å². The molecule has 0 aromatic heterocycles. The van der Waals surface area contributed by atoms with Gasteiger partial charge in [0.15, 0.2) is 0 Å². The second-order valence-corrected chi connectivity index (χ2v) is 7.40. The Labute approximate surface area is 83.2 Å². The number of benzene rings is 1. The standard InChI is InChI=1S/C10H11F.CH3.Al/c1-2-3-4-9-5-7-10(11)8-6-9;;/h4-8H,1-3H2;1H3;. The second-order valence-electron chi connectivity index (χ2n) is 4.07. The van der Waals surface area contributed by atoms with Gasteiger partial charge >= 0.3 is 0 Å². The van der Waals surface area contributed by atoms with Gasteiger partial charge in [-0.3, -0.25) is 0 Å². The van der Waals surface area contributed by atoms with E-state index in [0.717, 1.165) is 4.78 Å². The van der Waals surface area contributed by atoms with Crippen molar-refractivity contribution >= 4 is 14.1 Å². The molecule has 0 radical (unpaired) electrons. The quantitative estimate of drug-likeness (QED) is 0.598. The van der Waals surface area contributed by atoms with E-state index in [-0.39, 0.29) is 5.82 Å². The molecule has 0 bridgehead atoms. The molecule has 1 aromatic carbocycles. The lowest BCUT2D eigenvalue weighted by atomic mass is 10.1. The third-order valence-corrected chi connectivity index (χ3v) is 6.57. The molecule has 1 aromatic rings. The lowest BCUT2D eigenvalue weighted by Gasteiger charge is -2.11. The highest BCUT2D eigenvalue weighted by atomic mass is 27.2. The van der Waals surface area contributed by atoms with Crippen molar-refractivity contribution in [2.45, 2.75) is 28.7 Å². The molecule has 0 N–H and O–H groups in total. The average Bonchev–Trinajstić information content (AvgIpc) is 2.53. The van der Waals surface area contributed by atoms with Gasteiger partial charge in [0, 0.05) is 0 Å². The van der Waals surface area contributed by atoms with Crippen LogP contribution in [0.1, 0.15) is 23.2 Å². The van der Waals surface area contributed by atoms with Crippen molar-refractivity contribution in [3.05, 3.63) is 35.6 Å². The molecule has 13 heavy (non-hydrogen) atoms. The molecule has 1 unspecified atom stereocenters. The highest BCUT2D eigenvalue weighted by molar-refractivity contribution is 6.59. The average molecular weight is 192 g/mol. The Morgan fingerprint density at radius 3 is 2.54 bits per heavy atom. The fraction of sp³-hybridized carbons (Fsp3) is 0.455. The Hall–Kier alpha value is -0.318. The first kappa shape index (κ1) is 9.25. The van der Waals surface area contributed by atoms with E-state index in [4.69, 9.17) is 0 Å². The van der Waals surface area contributed by atoms with E-state index in [2.05, 4.69) is 5.79 Å². The first-order valence-corrected chi connectivity index (χ1v) is 7.66. The zero-order chi connectivity index (χ0) is 9.26. The fourth-order valence-corrected chi connectivity index (χ4v) is 5.32. The first-order valence-electron chi connectivity index (χ1n) is 5.03.